The van der Waals surface area contributed by atoms with Gasteiger partial charge in [0.1, 0.15) is 0 Å². The smallest absolute Gasteiger partial charge is 0.317 e. The van der Waals surface area contributed by atoms with Crippen molar-refractivity contribution in [2.75, 3.05) is 47.4 Å². The van der Waals surface area contributed by atoms with Crippen molar-refractivity contribution in [3.05, 3.63) is 23.3 Å². The first kappa shape index (κ1) is 21.8. The molecule has 1 aliphatic heterocycles. The third-order valence-electron chi connectivity index (χ3n) is 6.54. The summed E-state index contributed by atoms with van der Waals surface area (Å²) in [5, 5.41) is 2.75. The van der Waals surface area contributed by atoms with Gasteiger partial charge in [-0.2, -0.15) is 0 Å². The molecule has 1 heterocycles. The van der Waals surface area contributed by atoms with Gasteiger partial charge in [0.2, 0.25) is 0 Å². The number of urea groups is 1. The van der Waals surface area contributed by atoms with E-state index in [1.165, 1.54) is 24.0 Å². The standard InChI is InChI=1S/C23H37N3O3/c1-5-10-26(16-17-8-11-25(12-9-17)23(27)24-2)20-7-6-18-14-21(28-3)22(29-4)15-19(18)13-20/h14-15,17,20H,5-13,16H2,1-4H3,(H,24,27). The van der Waals surface area contributed by atoms with Gasteiger partial charge in [-0.25, -0.2) is 4.79 Å². The van der Waals surface area contributed by atoms with E-state index < -0.39 is 0 Å². The summed E-state index contributed by atoms with van der Waals surface area (Å²) in [5.41, 5.74) is 2.80. The number of nitrogens with zero attached hydrogens (tertiary/aromatic N) is 2. The number of benzene rings is 1. The molecule has 3 rings (SSSR count). The molecule has 1 atom stereocenters. The van der Waals surface area contributed by atoms with Crippen molar-refractivity contribution in [1.82, 2.24) is 15.1 Å². The fourth-order valence-electron chi connectivity index (χ4n) is 4.89. The molecule has 29 heavy (non-hydrogen) atoms. The van der Waals surface area contributed by atoms with E-state index in [4.69, 9.17) is 9.47 Å². The first-order valence-electron chi connectivity index (χ1n) is 11.0. The van der Waals surface area contributed by atoms with Gasteiger partial charge < -0.3 is 19.7 Å². The van der Waals surface area contributed by atoms with Crippen LogP contribution < -0.4 is 14.8 Å². The van der Waals surface area contributed by atoms with Crippen LogP contribution in [0.5, 0.6) is 11.5 Å². The van der Waals surface area contributed by atoms with Gasteiger partial charge in [-0.05, 0) is 74.2 Å². The number of likely N-dealkylation sites (tertiary alicyclic amines) is 1. The zero-order chi connectivity index (χ0) is 20.8. The molecular weight excluding hydrogens is 366 g/mol. The molecule has 2 aliphatic rings. The summed E-state index contributed by atoms with van der Waals surface area (Å²) in [4.78, 5) is 16.5. The fourth-order valence-corrected chi connectivity index (χ4v) is 4.89. The van der Waals surface area contributed by atoms with Gasteiger partial charge in [0.05, 0.1) is 14.2 Å². The Morgan fingerprint density at radius 1 is 1.14 bits per heavy atom. The topological polar surface area (TPSA) is 54.0 Å². The minimum atomic E-state index is 0.0575. The zero-order valence-electron chi connectivity index (χ0n) is 18.5. The Balaban J connectivity index is 1.64. The van der Waals surface area contributed by atoms with E-state index in [1.54, 1.807) is 21.3 Å². The Kier molecular flexibility index (Phi) is 7.64. The normalized spacial score (nSPS) is 19.8. The van der Waals surface area contributed by atoms with E-state index >= 15 is 0 Å². The van der Waals surface area contributed by atoms with E-state index in [-0.39, 0.29) is 6.03 Å². The largest absolute Gasteiger partial charge is 0.493 e. The van der Waals surface area contributed by atoms with Gasteiger partial charge in [0.15, 0.2) is 11.5 Å². The Bertz CT molecular complexity index is 686. The Hall–Kier alpha value is -1.95. The van der Waals surface area contributed by atoms with Crippen LogP contribution in [-0.4, -0.2) is 69.3 Å². The highest BCUT2D eigenvalue weighted by Gasteiger charge is 2.29. The van der Waals surface area contributed by atoms with Crippen LogP contribution in [0, 0.1) is 5.92 Å². The number of carbonyl (C=O) groups is 1. The molecule has 1 aromatic rings. The second-order valence-electron chi connectivity index (χ2n) is 8.35. The molecule has 162 valence electrons. The molecule has 1 aromatic carbocycles. The van der Waals surface area contributed by atoms with Crippen LogP contribution in [0.4, 0.5) is 4.79 Å². The lowest BCUT2D eigenvalue weighted by Crippen LogP contribution is -2.47. The molecule has 1 unspecified atom stereocenters. The number of fused-ring (bicyclic) bond motifs is 1. The molecule has 1 fully saturated rings. The van der Waals surface area contributed by atoms with Crippen LogP contribution >= 0.6 is 0 Å². The summed E-state index contributed by atoms with van der Waals surface area (Å²) in [6.45, 7) is 6.29. The Morgan fingerprint density at radius 3 is 2.38 bits per heavy atom. The summed E-state index contributed by atoms with van der Waals surface area (Å²) >= 11 is 0. The van der Waals surface area contributed by atoms with Gasteiger partial charge in [0, 0.05) is 32.7 Å². The van der Waals surface area contributed by atoms with Crippen molar-refractivity contribution in [1.29, 1.82) is 0 Å². The molecule has 2 amide bonds. The number of aryl methyl sites for hydroxylation is 1. The second kappa shape index (κ2) is 10.2. The number of methoxy groups -OCH3 is 2. The van der Waals surface area contributed by atoms with Crippen LogP contribution in [0.15, 0.2) is 12.1 Å². The van der Waals surface area contributed by atoms with Gasteiger partial charge in [-0.15, -0.1) is 0 Å². The Morgan fingerprint density at radius 2 is 1.79 bits per heavy atom. The maximum absolute atomic E-state index is 11.8. The molecule has 6 heteroatoms. The summed E-state index contributed by atoms with van der Waals surface area (Å²) in [7, 11) is 5.12. The third kappa shape index (κ3) is 5.16. The fraction of sp³-hybridized carbons (Fsp3) is 0.696. The first-order valence-corrected chi connectivity index (χ1v) is 11.0. The number of hydrogen-bond acceptors (Lipinski definition) is 4. The number of piperidine rings is 1. The van der Waals surface area contributed by atoms with E-state index in [0.717, 1.165) is 63.4 Å². The average Bonchev–Trinajstić information content (AvgIpc) is 2.77. The zero-order valence-corrected chi connectivity index (χ0v) is 18.5. The molecule has 1 saturated heterocycles. The predicted molar refractivity (Wildman–Crippen MR) is 116 cm³/mol. The summed E-state index contributed by atoms with van der Waals surface area (Å²) in [6, 6.07) is 4.97. The molecule has 1 aliphatic carbocycles. The summed E-state index contributed by atoms with van der Waals surface area (Å²) < 4.78 is 11.0. The Labute approximate surface area is 175 Å². The van der Waals surface area contributed by atoms with Crippen molar-refractivity contribution >= 4 is 6.03 Å². The number of ether oxygens (including phenoxy) is 2. The lowest BCUT2D eigenvalue weighted by Gasteiger charge is -2.39. The van der Waals surface area contributed by atoms with Crippen molar-refractivity contribution in [2.45, 2.75) is 51.5 Å². The highest BCUT2D eigenvalue weighted by Crippen LogP contribution is 2.35. The maximum Gasteiger partial charge on any atom is 0.317 e. The van der Waals surface area contributed by atoms with Crippen LogP contribution in [0.2, 0.25) is 0 Å². The first-order chi connectivity index (χ1) is 14.1. The van der Waals surface area contributed by atoms with Crippen LogP contribution in [0.3, 0.4) is 0 Å². The van der Waals surface area contributed by atoms with E-state index in [9.17, 15) is 4.79 Å². The number of rotatable bonds is 7. The van der Waals surface area contributed by atoms with E-state index in [1.807, 2.05) is 4.90 Å². The maximum atomic E-state index is 11.8. The molecule has 1 N–H and O–H groups in total. The van der Waals surface area contributed by atoms with Gasteiger partial charge >= 0.3 is 6.03 Å². The number of carbonyl (C=O) groups excluding carboxylic acids is 1. The quantitative estimate of drug-likeness (QED) is 0.759. The van der Waals surface area contributed by atoms with Crippen LogP contribution in [0.1, 0.15) is 43.7 Å². The predicted octanol–water partition coefficient (Wildman–Crippen LogP) is 3.32. The molecule has 0 saturated carbocycles. The van der Waals surface area contributed by atoms with Crippen LogP contribution in [-0.2, 0) is 12.8 Å². The highest BCUT2D eigenvalue weighted by molar-refractivity contribution is 5.73. The van der Waals surface area contributed by atoms with Gasteiger partial charge in [-0.3, -0.25) is 4.90 Å². The second-order valence-corrected chi connectivity index (χ2v) is 8.35. The number of nitrogens with one attached hydrogen (secondary N) is 1. The third-order valence-corrected chi connectivity index (χ3v) is 6.54. The molecule has 0 bridgehead atoms. The van der Waals surface area contributed by atoms with Gasteiger partial charge in [0.25, 0.3) is 0 Å². The lowest BCUT2D eigenvalue weighted by atomic mass is 9.86. The SMILES string of the molecule is CCCN(CC1CCN(C(=O)NC)CC1)C1CCc2cc(OC)c(OC)cc2C1. The van der Waals surface area contributed by atoms with Crippen molar-refractivity contribution in [3.63, 3.8) is 0 Å². The van der Waals surface area contributed by atoms with Crippen molar-refractivity contribution in [3.8, 4) is 11.5 Å². The molecule has 0 aromatic heterocycles. The molecule has 0 spiro atoms. The van der Waals surface area contributed by atoms with Crippen LogP contribution in [0.25, 0.3) is 0 Å². The number of hydrogen-bond donors (Lipinski definition) is 1. The van der Waals surface area contributed by atoms with Crippen molar-refractivity contribution in [2.24, 2.45) is 5.92 Å². The molecular formula is C23H37N3O3. The van der Waals surface area contributed by atoms with Crippen molar-refractivity contribution < 1.29 is 14.3 Å². The average molecular weight is 404 g/mol. The van der Waals surface area contributed by atoms with E-state index in [0.29, 0.717) is 12.0 Å². The number of amides is 2. The molecule has 0 radical (unpaired) electrons. The highest BCUT2D eigenvalue weighted by atomic mass is 16.5. The minimum absolute atomic E-state index is 0.0575. The summed E-state index contributed by atoms with van der Waals surface area (Å²) in [6.07, 6.45) is 6.73. The van der Waals surface area contributed by atoms with Gasteiger partial charge in [-0.1, -0.05) is 6.92 Å². The minimum Gasteiger partial charge on any atom is -0.493 e. The molecule has 6 nitrogen and oxygen atoms in total. The monoisotopic (exact) mass is 403 g/mol. The van der Waals surface area contributed by atoms with E-state index in [2.05, 4.69) is 29.3 Å². The lowest BCUT2D eigenvalue weighted by molar-refractivity contribution is 0.117. The summed E-state index contributed by atoms with van der Waals surface area (Å²) in [5.74, 6) is 2.34.